The maximum atomic E-state index is 12.6. The van der Waals surface area contributed by atoms with Gasteiger partial charge in [-0.05, 0) is 55.5 Å². The van der Waals surface area contributed by atoms with Gasteiger partial charge in [-0.3, -0.25) is 4.79 Å². The van der Waals surface area contributed by atoms with Crippen LogP contribution in [-0.2, 0) is 6.18 Å². The van der Waals surface area contributed by atoms with Crippen LogP contribution >= 0.6 is 0 Å². The summed E-state index contributed by atoms with van der Waals surface area (Å²) in [5, 5.41) is 5.74. The molecule has 0 spiro atoms. The number of nitrogens with one attached hydrogen (secondary N) is 2. The van der Waals surface area contributed by atoms with E-state index in [0.29, 0.717) is 11.5 Å². The number of hydrogen-bond acceptors (Lipinski definition) is 3. The first-order chi connectivity index (χ1) is 12.8. The third-order valence-corrected chi connectivity index (χ3v) is 3.82. The lowest BCUT2D eigenvalue weighted by atomic mass is 10.1. The van der Waals surface area contributed by atoms with Crippen LogP contribution in [0.2, 0.25) is 0 Å². The average Bonchev–Trinajstić information content (AvgIpc) is 2.64. The van der Waals surface area contributed by atoms with E-state index in [1.54, 1.807) is 12.1 Å². The van der Waals surface area contributed by atoms with Gasteiger partial charge in [-0.2, -0.15) is 13.2 Å². The summed E-state index contributed by atoms with van der Waals surface area (Å²) in [6, 6.07) is 15.2. The minimum absolute atomic E-state index is 0.129. The van der Waals surface area contributed by atoms with E-state index >= 15 is 0 Å². The monoisotopic (exact) mass is 371 g/mol. The van der Waals surface area contributed by atoms with Crippen molar-refractivity contribution in [2.75, 3.05) is 10.6 Å². The van der Waals surface area contributed by atoms with Crippen molar-refractivity contribution in [3.05, 3.63) is 83.6 Å². The van der Waals surface area contributed by atoms with E-state index in [2.05, 4.69) is 15.6 Å². The van der Waals surface area contributed by atoms with Crippen molar-refractivity contribution in [3.63, 3.8) is 0 Å². The highest BCUT2D eigenvalue weighted by atomic mass is 19.4. The van der Waals surface area contributed by atoms with Crippen molar-refractivity contribution in [1.82, 2.24) is 4.98 Å². The summed E-state index contributed by atoms with van der Waals surface area (Å²) < 4.78 is 37.7. The summed E-state index contributed by atoms with van der Waals surface area (Å²) >= 11 is 0. The van der Waals surface area contributed by atoms with Crippen molar-refractivity contribution < 1.29 is 18.0 Å². The van der Waals surface area contributed by atoms with Gasteiger partial charge in [0.25, 0.3) is 5.91 Å². The zero-order chi connectivity index (χ0) is 19.4. The van der Waals surface area contributed by atoms with Gasteiger partial charge in [0.2, 0.25) is 0 Å². The van der Waals surface area contributed by atoms with Crippen LogP contribution in [-0.4, -0.2) is 10.9 Å². The molecule has 3 rings (SSSR count). The number of carbonyl (C=O) groups excluding carboxylic acids is 1. The van der Waals surface area contributed by atoms with Crippen molar-refractivity contribution in [2.24, 2.45) is 0 Å². The van der Waals surface area contributed by atoms with E-state index in [-0.39, 0.29) is 5.56 Å². The van der Waals surface area contributed by atoms with Crippen LogP contribution < -0.4 is 10.6 Å². The number of alkyl halides is 3. The minimum Gasteiger partial charge on any atom is -0.340 e. The highest BCUT2D eigenvalue weighted by molar-refractivity contribution is 6.04. The maximum Gasteiger partial charge on any atom is 0.416 e. The largest absolute Gasteiger partial charge is 0.416 e. The van der Waals surface area contributed by atoms with E-state index in [1.807, 2.05) is 31.2 Å². The molecular weight excluding hydrogens is 355 g/mol. The molecule has 0 fully saturated rings. The maximum absolute atomic E-state index is 12.6. The highest BCUT2D eigenvalue weighted by Gasteiger charge is 2.30. The van der Waals surface area contributed by atoms with Crippen LogP contribution in [0, 0.1) is 6.92 Å². The predicted octanol–water partition coefficient (Wildman–Crippen LogP) is 5.40. The fourth-order valence-electron chi connectivity index (χ4n) is 2.34. The molecule has 2 N–H and O–H groups in total. The number of halogens is 3. The lowest BCUT2D eigenvalue weighted by molar-refractivity contribution is -0.137. The molecule has 0 saturated heterocycles. The van der Waals surface area contributed by atoms with Gasteiger partial charge in [-0.15, -0.1) is 0 Å². The SMILES string of the molecule is Cc1ccc(Nc2ccc(NC(=O)c3ccc(C(F)(F)F)cc3)cn2)cc1. The van der Waals surface area contributed by atoms with E-state index in [4.69, 9.17) is 0 Å². The molecule has 0 saturated carbocycles. The molecule has 27 heavy (non-hydrogen) atoms. The summed E-state index contributed by atoms with van der Waals surface area (Å²) in [7, 11) is 0. The van der Waals surface area contributed by atoms with E-state index in [1.165, 1.54) is 6.20 Å². The average molecular weight is 371 g/mol. The van der Waals surface area contributed by atoms with Gasteiger partial charge in [-0.25, -0.2) is 4.98 Å². The predicted molar refractivity (Wildman–Crippen MR) is 98.1 cm³/mol. The molecule has 4 nitrogen and oxygen atoms in total. The second kappa shape index (κ2) is 7.49. The van der Waals surface area contributed by atoms with E-state index < -0.39 is 17.6 Å². The smallest absolute Gasteiger partial charge is 0.340 e. The van der Waals surface area contributed by atoms with Crippen molar-refractivity contribution >= 4 is 23.1 Å². The molecule has 0 bridgehead atoms. The van der Waals surface area contributed by atoms with Gasteiger partial charge in [0, 0.05) is 11.3 Å². The molecule has 0 radical (unpaired) electrons. The third kappa shape index (κ3) is 4.84. The van der Waals surface area contributed by atoms with E-state index in [0.717, 1.165) is 35.5 Å². The number of nitrogens with zero attached hydrogens (tertiary/aromatic N) is 1. The Bertz CT molecular complexity index is 919. The Morgan fingerprint density at radius 3 is 2.07 bits per heavy atom. The number of carbonyl (C=O) groups is 1. The van der Waals surface area contributed by atoms with Crippen molar-refractivity contribution in [1.29, 1.82) is 0 Å². The third-order valence-electron chi connectivity index (χ3n) is 3.82. The summed E-state index contributed by atoms with van der Waals surface area (Å²) in [4.78, 5) is 16.4. The van der Waals surface area contributed by atoms with Gasteiger partial charge in [0.15, 0.2) is 0 Å². The summed E-state index contributed by atoms with van der Waals surface area (Å²) in [5.74, 6) is 0.0937. The zero-order valence-electron chi connectivity index (χ0n) is 14.3. The molecule has 0 unspecified atom stereocenters. The number of amides is 1. The molecule has 1 amide bonds. The number of pyridine rings is 1. The first-order valence-electron chi connectivity index (χ1n) is 8.09. The lowest BCUT2D eigenvalue weighted by Gasteiger charge is -2.09. The molecule has 2 aromatic carbocycles. The Kier molecular flexibility index (Phi) is 5.12. The molecule has 0 aliphatic carbocycles. The topological polar surface area (TPSA) is 54.0 Å². The Morgan fingerprint density at radius 1 is 0.889 bits per heavy atom. The van der Waals surface area contributed by atoms with Gasteiger partial charge in [-0.1, -0.05) is 17.7 Å². The van der Waals surface area contributed by atoms with E-state index in [9.17, 15) is 18.0 Å². The zero-order valence-corrected chi connectivity index (χ0v) is 14.3. The molecule has 1 heterocycles. The number of hydrogen-bond donors (Lipinski definition) is 2. The normalized spacial score (nSPS) is 11.1. The van der Waals surface area contributed by atoms with Crippen LogP contribution in [0.4, 0.5) is 30.4 Å². The Hall–Kier alpha value is -3.35. The van der Waals surface area contributed by atoms with Gasteiger partial charge in [0.05, 0.1) is 17.4 Å². The highest BCUT2D eigenvalue weighted by Crippen LogP contribution is 2.29. The molecule has 1 aromatic heterocycles. The molecule has 0 aliphatic rings. The molecule has 138 valence electrons. The van der Waals surface area contributed by atoms with Gasteiger partial charge in [0.1, 0.15) is 5.82 Å². The second-order valence-electron chi connectivity index (χ2n) is 5.95. The molecule has 3 aromatic rings. The lowest BCUT2D eigenvalue weighted by Crippen LogP contribution is -2.13. The first-order valence-corrected chi connectivity index (χ1v) is 8.09. The van der Waals surface area contributed by atoms with Gasteiger partial charge >= 0.3 is 6.18 Å². The van der Waals surface area contributed by atoms with Crippen LogP contribution in [0.5, 0.6) is 0 Å². The summed E-state index contributed by atoms with van der Waals surface area (Å²) in [6.07, 6.45) is -2.96. The molecule has 0 atom stereocenters. The van der Waals surface area contributed by atoms with Crippen molar-refractivity contribution in [2.45, 2.75) is 13.1 Å². The fourth-order valence-corrected chi connectivity index (χ4v) is 2.34. The second-order valence-corrected chi connectivity index (χ2v) is 5.95. The minimum atomic E-state index is -4.43. The van der Waals surface area contributed by atoms with Crippen LogP contribution in [0.3, 0.4) is 0 Å². The van der Waals surface area contributed by atoms with Gasteiger partial charge < -0.3 is 10.6 Å². The number of aromatic nitrogens is 1. The quantitative estimate of drug-likeness (QED) is 0.645. The molecule has 7 heteroatoms. The Balaban J connectivity index is 1.63. The number of rotatable bonds is 4. The van der Waals surface area contributed by atoms with Crippen molar-refractivity contribution in [3.8, 4) is 0 Å². The molecular formula is C20H16F3N3O. The summed E-state index contributed by atoms with van der Waals surface area (Å²) in [6.45, 7) is 2.00. The molecule has 0 aliphatic heterocycles. The number of anilines is 3. The number of aryl methyl sites for hydroxylation is 1. The van der Waals surface area contributed by atoms with Crippen LogP contribution in [0.1, 0.15) is 21.5 Å². The standard InChI is InChI=1S/C20H16F3N3O/c1-13-2-8-16(9-3-13)25-18-11-10-17(12-24-18)26-19(27)14-4-6-15(7-5-14)20(21,22)23/h2-12H,1H3,(H,24,25)(H,26,27). The Labute approximate surface area is 154 Å². The van der Waals surface area contributed by atoms with Crippen LogP contribution in [0.15, 0.2) is 66.9 Å². The van der Waals surface area contributed by atoms with Crippen LogP contribution in [0.25, 0.3) is 0 Å². The first kappa shape index (κ1) is 18.4. The number of benzene rings is 2. The fraction of sp³-hybridized carbons (Fsp3) is 0.100. The Morgan fingerprint density at radius 2 is 1.52 bits per heavy atom. The summed E-state index contributed by atoms with van der Waals surface area (Å²) in [5.41, 5.74) is 1.80.